The van der Waals surface area contributed by atoms with Gasteiger partial charge in [-0.1, -0.05) is 11.6 Å². The molecule has 0 atom stereocenters. The molecule has 88 valence electrons. The van der Waals surface area contributed by atoms with Crippen LogP contribution in [-0.4, -0.2) is 12.0 Å². The van der Waals surface area contributed by atoms with Gasteiger partial charge in [0.05, 0.1) is 28.7 Å². The Bertz CT molecular complexity index is 433. The van der Waals surface area contributed by atoms with Gasteiger partial charge in [-0.15, -0.1) is 0 Å². The van der Waals surface area contributed by atoms with E-state index in [4.69, 9.17) is 11.6 Å². The number of nitrogens with zero attached hydrogens (tertiary/aromatic N) is 1. The van der Waals surface area contributed by atoms with Crippen LogP contribution >= 0.6 is 11.6 Å². The van der Waals surface area contributed by atoms with Gasteiger partial charge >= 0.3 is 6.18 Å². The third kappa shape index (κ3) is 2.35. The minimum atomic E-state index is -4.77. The molecule has 0 bridgehead atoms. The Balaban J connectivity index is 3.48. The second kappa shape index (κ2) is 4.17. The quantitative estimate of drug-likeness (QED) is 0.602. The summed E-state index contributed by atoms with van der Waals surface area (Å²) in [7, 11) is 1.07. The van der Waals surface area contributed by atoms with Crippen LogP contribution in [0.3, 0.4) is 0 Å². The monoisotopic (exact) mass is 255 g/mol. The lowest BCUT2D eigenvalue weighted by Crippen LogP contribution is -2.07. The summed E-state index contributed by atoms with van der Waals surface area (Å²) in [4.78, 5) is 9.45. The number of alkyl halides is 3. The first-order chi connectivity index (χ1) is 7.27. The van der Waals surface area contributed by atoms with Crippen molar-refractivity contribution in [2.45, 2.75) is 6.18 Å². The van der Waals surface area contributed by atoms with E-state index in [1.54, 1.807) is 0 Å². The fourth-order valence-electron chi connectivity index (χ4n) is 1.04. The molecule has 16 heavy (non-hydrogen) atoms. The molecule has 0 spiro atoms. The number of nitro groups is 1. The Morgan fingerprint density at radius 3 is 2.38 bits per heavy atom. The summed E-state index contributed by atoms with van der Waals surface area (Å²) in [6.07, 6.45) is -4.77. The summed E-state index contributed by atoms with van der Waals surface area (Å²) in [6.45, 7) is 0. The number of non-ortho nitro benzene ring substituents is 1. The molecule has 0 unspecified atom stereocenters. The van der Waals surface area contributed by atoms with Crippen molar-refractivity contribution < 1.29 is 22.8 Å². The van der Waals surface area contributed by atoms with Gasteiger partial charge in [-0.3, -0.25) is 10.1 Å². The molecule has 0 aliphatic heterocycles. The minimum Gasteiger partial charge on any atom is -0.495 e. The van der Waals surface area contributed by atoms with Crippen molar-refractivity contribution in [1.82, 2.24) is 0 Å². The van der Waals surface area contributed by atoms with Crippen molar-refractivity contribution in [1.29, 1.82) is 0 Å². The van der Waals surface area contributed by atoms with E-state index in [0.29, 0.717) is 6.07 Å². The molecule has 0 aliphatic carbocycles. The summed E-state index contributed by atoms with van der Waals surface area (Å²) in [5.74, 6) is -0.386. The fraction of sp³-hybridized carbons (Fsp3) is 0.250. The Hall–Kier alpha value is -1.50. The van der Waals surface area contributed by atoms with Crippen molar-refractivity contribution in [3.05, 3.63) is 32.8 Å². The predicted octanol–water partition coefficient (Wildman–Crippen LogP) is 3.28. The Kier molecular flexibility index (Phi) is 3.27. The van der Waals surface area contributed by atoms with Gasteiger partial charge < -0.3 is 4.74 Å². The largest absolute Gasteiger partial charge is 0.495 e. The first-order valence-corrected chi connectivity index (χ1v) is 4.24. The number of benzene rings is 1. The Morgan fingerprint density at radius 1 is 1.44 bits per heavy atom. The van der Waals surface area contributed by atoms with Gasteiger partial charge in [-0.2, -0.15) is 13.2 Å². The first kappa shape index (κ1) is 12.6. The molecule has 0 saturated heterocycles. The van der Waals surface area contributed by atoms with Gasteiger partial charge in [0.2, 0.25) is 0 Å². The third-order valence-corrected chi connectivity index (χ3v) is 2.15. The smallest absolute Gasteiger partial charge is 0.418 e. The zero-order valence-corrected chi connectivity index (χ0v) is 8.59. The molecule has 1 aromatic rings. The average Bonchev–Trinajstić information content (AvgIpc) is 2.15. The number of hydrogen-bond acceptors (Lipinski definition) is 3. The van der Waals surface area contributed by atoms with Gasteiger partial charge in [0.25, 0.3) is 5.69 Å². The normalized spacial score (nSPS) is 11.3. The topological polar surface area (TPSA) is 52.4 Å². The van der Waals surface area contributed by atoms with E-state index < -0.39 is 27.4 Å². The van der Waals surface area contributed by atoms with Gasteiger partial charge in [0.15, 0.2) is 0 Å². The van der Waals surface area contributed by atoms with Gasteiger partial charge in [0, 0.05) is 6.07 Å². The minimum absolute atomic E-state index is 0.366. The number of hydrogen-bond donors (Lipinski definition) is 0. The summed E-state index contributed by atoms with van der Waals surface area (Å²) in [5.41, 5.74) is -2.02. The second-order valence-corrected chi connectivity index (χ2v) is 3.14. The van der Waals surface area contributed by atoms with E-state index in [1.165, 1.54) is 0 Å². The fourth-order valence-corrected chi connectivity index (χ4v) is 1.34. The zero-order chi connectivity index (χ0) is 12.5. The molecule has 1 rings (SSSR count). The highest BCUT2D eigenvalue weighted by Crippen LogP contribution is 2.41. The van der Waals surface area contributed by atoms with Crippen LogP contribution in [0.15, 0.2) is 12.1 Å². The van der Waals surface area contributed by atoms with Gasteiger partial charge in [-0.05, 0) is 0 Å². The SMILES string of the molecule is COc1cc([N+](=O)[O-])cc(C(F)(F)F)c1Cl. The number of methoxy groups -OCH3 is 1. The molecule has 0 radical (unpaired) electrons. The summed E-state index contributed by atoms with van der Waals surface area (Å²) >= 11 is 5.40. The number of halogens is 4. The molecule has 4 nitrogen and oxygen atoms in total. The predicted molar refractivity (Wildman–Crippen MR) is 49.7 cm³/mol. The van der Waals surface area contributed by atoms with Crippen LogP contribution in [-0.2, 0) is 6.18 Å². The average molecular weight is 256 g/mol. The lowest BCUT2D eigenvalue weighted by molar-refractivity contribution is -0.385. The van der Waals surface area contributed by atoms with E-state index in [0.717, 1.165) is 13.2 Å². The summed E-state index contributed by atoms with van der Waals surface area (Å²) in [6, 6.07) is 1.20. The number of ether oxygens (including phenoxy) is 1. The Morgan fingerprint density at radius 2 is 2.00 bits per heavy atom. The molecule has 0 aromatic heterocycles. The van der Waals surface area contributed by atoms with E-state index in [-0.39, 0.29) is 5.75 Å². The lowest BCUT2D eigenvalue weighted by Gasteiger charge is -2.11. The molecule has 8 heteroatoms. The second-order valence-electron chi connectivity index (χ2n) is 2.76. The third-order valence-electron chi connectivity index (χ3n) is 1.76. The van der Waals surface area contributed by atoms with E-state index in [2.05, 4.69) is 4.74 Å². The van der Waals surface area contributed by atoms with Crippen molar-refractivity contribution in [2.75, 3.05) is 7.11 Å². The van der Waals surface area contributed by atoms with Gasteiger partial charge in [0.1, 0.15) is 5.75 Å². The van der Waals surface area contributed by atoms with Crippen LogP contribution in [0.1, 0.15) is 5.56 Å². The maximum absolute atomic E-state index is 12.4. The van der Waals surface area contributed by atoms with Crippen molar-refractivity contribution >= 4 is 17.3 Å². The maximum atomic E-state index is 12.4. The van der Waals surface area contributed by atoms with Crippen molar-refractivity contribution in [3.63, 3.8) is 0 Å². The Labute approximate surface area is 92.7 Å². The zero-order valence-electron chi connectivity index (χ0n) is 7.84. The van der Waals surface area contributed by atoms with E-state index >= 15 is 0 Å². The molecular weight excluding hydrogens is 251 g/mol. The summed E-state index contributed by atoms with van der Waals surface area (Å²) < 4.78 is 41.9. The number of rotatable bonds is 2. The van der Waals surface area contributed by atoms with Crippen LogP contribution in [0.25, 0.3) is 0 Å². The molecule has 0 aliphatic rings. The van der Waals surface area contributed by atoms with Crippen LogP contribution in [0.4, 0.5) is 18.9 Å². The highest BCUT2D eigenvalue weighted by molar-refractivity contribution is 6.33. The molecular formula is C8H5ClF3NO3. The summed E-state index contributed by atoms with van der Waals surface area (Å²) in [5, 5.41) is 9.71. The lowest BCUT2D eigenvalue weighted by atomic mass is 10.2. The molecule has 1 aromatic carbocycles. The molecule has 0 N–H and O–H groups in total. The van der Waals surface area contributed by atoms with E-state index in [9.17, 15) is 23.3 Å². The van der Waals surface area contributed by atoms with Crippen LogP contribution < -0.4 is 4.74 Å². The molecule has 0 saturated carbocycles. The van der Waals surface area contributed by atoms with Crippen LogP contribution in [0.5, 0.6) is 5.75 Å². The van der Waals surface area contributed by atoms with Crippen LogP contribution in [0, 0.1) is 10.1 Å². The molecule has 0 fully saturated rings. The highest BCUT2D eigenvalue weighted by atomic mass is 35.5. The van der Waals surface area contributed by atoms with Gasteiger partial charge in [-0.25, -0.2) is 0 Å². The van der Waals surface area contributed by atoms with E-state index in [1.807, 2.05) is 0 Å². The maximum Gasteiger partial charge on any atom is 0.418 e. The highest BCUT2D eigenvalue weighted by Gasteiger charge is 2.36. The molecule has 0 heterocycles. The molecule has 0 amide bonds. The van der Waals surface area contributed by atoms with Crippen molar-refractivity contribution in [3.8, 4) is 5.75 Å². The standard InChI is InChI=1S/C8H5ClF3NO3/c1-16-6-3-4(13(14)15)2-5(7(6)9)8(10,11)12/h2-3H,1H3. The van der Waals surface area contributed by atoms with Crippen LogP contribution in [0.2, 0.25) is 5.02 Å². The number of nitro benzene ring substituents is 1. The van der Waals surface area contributed by atoms with Crippen molar-refractivity contribution in [2.24, 2.45) is 0 Å². The first-order valence-electron chi connectivity index (χ1n) is 3.86.